The number of carbonyl (C=O) groups excluding carboxylic acids is 1. The highest BCUT2D eigenvalue weighted by molar-refractivity contribution is 5.93. The van der Waals surface area contributed by atoms with Gasteiger partial charge in [0.15, 0.2) is 0 Å². The van der Waals surface area contributed by atoms with E-state index in [9.17, 15) is 4.79 Å². The first kappa shape index (κ1) is 19.7. The van der Waals surface area contributed by atoms with E-state index in [1.54, 1.807) is 4.90 Å². The number of amides is 1. The summed E-state index contributed by atoms with van der Waals surface area (Å²) in [5.41, 5.74) is -0.472. The van der Waals surface area contributed by atoms with E-state index in [-0.39, 0.29) is 12.1 Å². The molecule has 7 heteroatoms. The molecule has 4 heterocycles. The number of rotatable bonds is 3. The second kappa shape index (κ2) is 8.05. The lowest BCUT2D eigenvalue weighted by atomic mass is 10.1. The number of aromatic nitrogens is 2. The minimum absolute atomic E-state index is 0.169. The average molecular weight is 398 g/mol. The molecule has 29 heavy (non-hydrogen) atoms. The van der Waals surface area contributed by atoms with Crippen LogP contribution in [0.1, 0.15) is 46.5 Å². The molecule has 2 fully saturated rings. The Morgan fingerprint density at radius 3 is 2.72 bits per heavy atom. The van der Waals surface area contributed by atoms with Crippen molar-refractivity contribution in [2.45, 2.75) is 58.1 Å². The summed E-state index contributed by atoms with van der Waals surface area (Å²) in [7, 11) is 0. The third-order valence-electron chi connectivity index (χ3n) is 5.47. The number of piperidine rings is 1. The lowest BCUT2D eigenvalue weighted by Gasteiger charge is -2.28. The van der Waals surface area contributed by atoms with Gasteiger partial charge in [-0.05, 0) is 58.6 Å². The zero-order valence-corrected chi connectivity index (χ0v) is 17.6. The first-order valence-electron chi connectivity index (χ1n) is 10.6. The Bertz CT molecular complexity index is 873. The molecule has 0 radical (unpaired) electrons. The van der Waals surface area contributed by atoms with Crippen molar-refractivity contribution in [3.63, 3.8) is 0 Å². The monoisotopic (exact) mass is 397 g/mol. The molecule has 1 unspecified atom stereocenters. The molecule has 0 aromatic carbocycles. The molecule has 2 aliphatic heterocycles. The number of carbonyl (C=O) groups is 1. The van der Waals surface area contributed by atoms with E-state index in [0.29, 0.717) is 13.1 Å². The van der Waals surface area contributed by atoms with Crippen LogP contribution in [0, 0.1) is 0 Å². The Labute approximate surface area is 172 Å². The Morgan fingerprint density at radius 1 is 1.17 bits per heavy atom. The molecule has 2 aromatic heterocycles. The van der Waals surface area contributed by atoms with Crippen molar-refractivity contribution in [1.29, 1.82) is 0 Å². The molecule has 7 nitrogen and oxygen atoms in total. The van der Waals surface area contributed by atoms with Gasteiger partial charge < -0.3 is 19.9 Å². The molecule has 1 atom stereocenters. The lowest BCUT2D eigenvalue weighted by Crippen LogP contribution is -2.36. The maximum absolute atomic E-state index is 12.3. The van der Waals surface area contributed by atoms with E-state index in [0.717, 1.165) is 41.9 Å². The number of pyridine rings is 2. The van der Waals surface area contributed by atoms with Crippen LogP contribution in [0.15, 0.2) is 24.5 Å². The van der Waals surface area contributed by atoms with Crippen molar-refractivity contribution in [2.75, 3.05) is 36.4 Å². The summed E-state index contributed by atoms with van der Waals surface area (Å²) in [5, 5.41) is 5.74. The molecule has 1 N–H and O–H groups in total. The van der Waals surface area contributed by atoms with Crippen LogP contribution in [0.3, 0.4) is 0 Å². The Hall–Kier alpha value is -2.57. The van der Waals surface area contributed by atoms with Gasteiger partial charge in [0, 0.05) is 55.4 Å². The van der Waals surface area contributed by atoms with Crippen LogP contribution in [-0.4, -0.2) is 58.8 Å². The normalized spacial score (nSPS) is 20.2. The summed E-state index contributed by atoms with van der Waals surface area (Å²) in [6.07, 6.45) is 8.15. The van der Waals surface area contributed by atoms with Crippen molar-refractivity contribution in [1.82, 2.24) is 14.9 Å². The molecule has 156 valence electrons. The van der Waals surface area contributed by atoms with Gasteiger partial charge in [-0.1, -0.05) is 0 Å². The summed E-state index contributed by atoms with van der Waals surface area (Å²) in [6, 6.07) is 4.28. The van der Waals surface area contributed by atoms with Gasteiger partial charge in [0.25, 0.3) is 0 Å². The van der Waals surface area contributed by atoms with Gasteiger partial charge in [-0.2, -0.15) is 0 Å². The molecule has 0 bridgehead atoms. The third-order valence-corrected chi connectivity index (χ3v) is 5.47. The Morgan fingerprint density at radius 2 is 1.97 bits per heavy atom. The maximum atomic E-state index is 12.3. The zero-order valence-electron chi connectivity index (χ0n) is 17.6. The van der Waals surface area contributed by atoms with Crippen LogP contribution >= 0.6 is 0 Å². The van der Waals surface area contributed by atoms with Crippen LogP contribution in [-0.2, 0) is 4.74 Å². The molecule has 1 amide bonds. The first-order valence-corrected chi connectivity index (χ1v) is 10.6. The van der Waals surface area contributed by atoms with Crippen LogP contribution in [0.2, 0.25) is 0 Å². The van der Waals surface area contributed by atoms with Crippen LogP contribution in [0.25, 0.3) is 10.8 Å². The Balaban J connectivity index is 1.47. The van der Waals surface area contributed by atoms with Gasteiger partial charge >= 0.3 is 6.09 Å². The number of likely N-dealkylation sites (tertiary alicyclic amines) is 1. The quantitative estimate of drug-likeness (QED) is 0.843. The minimum Gasteiger partial charge on any atom is -0.444 e. The van der Waals surface area contributed by atoms with E-state index in [4.69, 9.17) is 4.74 Å². The van der Waals surface area contributed by atoms with Gasteiger partial charge in [-0.25, -0.2) is 14.8 Å². The summed E-state index contributed by atoms with van der Waals surface area (Å²) in [4.78, 5) is 25.7. The van der Waals surface area contributed by atoms with Gasteiger partial charge in [-0.15, -0.1) is 0 Å². The summed E-state index contributed by atoms with van der Waals surface area (Å²) >= 11 is 0. The van der Waals surface area contributed by atoms with Crippen molar-refractivity contribution in [3.8, 4) is 0 Å². The predicted molar refractivity (Wildman–Crippen MR) is 115 cm³/mol. The summed E-state index contributed by atoms with van der Waals surface area (Å²) in [5.74, 6) is 1.88. The highest BCUT2D eigenvalue weighted by Crippen LogP contribution is 2.28. The molecule has 2 aromatic rings. The number of anilines is 2. The van der Waals surface area contributed by atoms with Crippen molar-refractivity contribution < 1.29 is 9.53 Å². The van der Waals surface area contributed by atoms with E-state index in [1.165, 1.54) is 19.3 Å². The number of hydrogen-bond acceptors (Lipinski definition) is 6. The van der Waals surface area contributed by atoms with E-state index < -0.39 is 5.60 Å². The second-order valence-electron chi connectivity index (χ2n) is 9.03. The molecular formula is C22H31N5O2. The lowest BCUT2D eigenvalue weighted by molar-refractivity contribution is 0.0293. The fourth-order valence-corrected chi connectivity index (χ4v) is 4.07. The fourth-order valence-electron chi connectivity index (χ4n) is 4.07. The third kappa shape index (κ3) is 4.71. The molecule has 2 saturated heterocycles. The minimum atomic E-state index is -0.472. The van der Waals surface area contributed by atoms with Crippen molar-refractivity contribution >= 4 is 28.5 Å². The highest BCUT2D eigenvalue weighted by Gasteiger charge is 2.30. The van der Waals surface area contributed by atoms with E-state index in [2.05, 4.69) is 26.3 Å². The van der Waals surface area contributed by atoms with Crippen molar-refractivity contribution in [3.05, 3.63) is 24.5 Å². The summed E-state index contributed by atoms with van der Waals surface area (Å²) in [6.45, 7) is 9.12. The highest BCUT2D eigenvalue weighted by atomic mass is 16.6. The van der Waals surface area contributed by atoms with Crippen LogP contribution in [0.5, 0.6) is 0 Å². The van der Waals surface area contributed by atoms with Crippen LogP contribution in [0.4, 0.5) is 16.4 Å². The Kier molecular flexibility index (Phi) is 5.48. The number of nitrogens with zero attached hydrogens (tertiary/aromatic N) is 4. The molecule has 2 aliphatic rings. The number of nitrogens with one attached hydrogen (secondary N) is 1. The van der Waals surface area contributed by atoms with E-state index in [1.807, 2.05) is 39.2 Å². The standard InChI is InChI=1S/C22H31N5O2/c1-22(2,3)29-21(28)27-12-8-17(15-27)25-19-13-18-16(14-24-19)7-9-23-20(18)26-10-5-4-6-11-26/h7,9,13-14,17H,4-6,8,10-12,15H2,1-3H3,(H,24,25). The number of fused-ring (bicyclic) bond motifs is 1. The molecule has 0 saturated carbocycles. The van der Waals surface area contributed by atoms with Gasteiger partial charge in [0.1, 0.15) is 17.2 Å². The smallest absolute Gasteiger partial charge is 0.410 e. The second-order valence-corrected chi connectivity index (χ2v) is 9.03. The predicted octanol–water partition coefficient (Wildman–Crippen LogP) is 4.04. The largest absolute Gasteiger partial charge is 0.444 e. The maximum Gasteiger partial charge on any atom is 0.410 e. The number of ether oxygens (including phenoxy) is 1. The zero-order chi connectivity index (χ0) is 20.4. The van der Waals surface area contributed by atoms with Crippen LogP contribution < -0.4 is 10.2 Å². The molecule has 0 spiro atoms. The molecular weight excluding hydrogens is 366 g/mol. The molecule has 4 rings (SSSR count). The first-order chi connectivity index (χ1) is 13.9. The van der Waals surface area contributed by atoms with E-state index >= 15 is 0 Å². The van der Waals surface area contributed by atoms with Gasteiger partial charge in [0.05, 0.1) is 0 Å². The fraction of sp³-hybridized carbons (Fsp3) is 0.591. The molecule has 0 aliphatic carbocycles. The average Bonchev–Trinajstić information content (AvgIpc) is 3.16. The SMILES string of the molecule is CC(C)(C)OC(=O)N1CCC(Nc2cc3c(N4CCCCC4)nccc3cn2)C1. The van der Waals surface area contributed by atoms with Gasteiger partial charge in [0.2, 0.25) is 0 Å². The number of hydrogen-bond donors (Lipinski definition) is 1. The van der Waals surface area contributed by atoms with Gasteiger partial charge in [-0.3, -0.25) is 0 Å². The summed E-state index contributed by atoms with van der Waals surface area (Å²) < 4.78 is 5.49. The topological polar surface area (TPSA) is 70.6 Å². The van der Waals surface area contributed by atoms with Crippen molar-refractivity contribution in [2.24, 2.45) is 0 Å².